The van der Waals surface area contributed by atoms with E-state index in [1.54, 1.807) is 0 Å². The Labute approximate surface area is 158 Å². The molecule has 1 N–H and O–H groups in total. The van der Waals surface area contributed by atoms with Crippen LogP contribution in [-0.2, 0) is 16.5 Å². The number of benzene rings is 1. The van der Waals surface area contributed by atoms with Crippen LogP contribution < -0.4 is 0 Å². The van der Waals surface area contributed by atoms with Gasteiger partial charge in [0.2, 0.25) is 0 Å². The van der Waals surface area contributed by atoms with Crippen LogP contribution in [-0.4, -0.2) is 13.0 Å². The Morgan fingerprint density at radius 2 is 1.46 bits per heavy atom. The lowest BCUT2D eigenvalue weighted by molar-refractivity contribution is 0.153. The fraction of sp³-hybridized carbons (Fsp3) is 0.636. The molecule has 3 nitrogen and oxygen atoms in total. The molecule has 4 heteroatoms. The quantitative estimate of drug-likeness (QED) is 0.514. The summed E-state index contributed by atoms with van der Waals surface area (Å²) < 4.78 is 31.2. The van der Waals surface area contributed by atoms with Crippen molar-refractivity contribution in [3.8, 4) is 0 Å². The van der Waals surface area contributed by atoms with Crippen molar-refractivity contribution in [2.24, 2.45) is 23.7 Å². The topological polar surface area (TPSA) is 54.4 Å². The van der Waals surface area contributed by atoms with Crippen LogP contribution in [0.25, 0.3) is 0 Å². The van der Waals surface area contributed by atoms with Crippen molar-refractivity contribution >= 4 is 10.1 Å². The monoisotopic (exact) mass is 376 g/mol. The van der Waals surface area contributed by atoms with Gasteiger partial charge in [-0.2, -0.15) is 8.42 Å². The molecule has 2 aliphatic carbocycles. The fourth-order valence-electron chi connectivity index (χ4n) is 5.00. The van der Waals surface area contributed by atoms with E-state index in [4.69, 9.17) is 4.55 Å². The number of rotatable bonds is 6. The highest BCUT2D eigenvalue weighted by Crippen LogP contribution is 2.42. The highest BCUT2D eigenvalue weighted by atomic mass is 32.2. The van der Waals surface area contributed by atoms with Crippen molar-refractivity contribution in [3.05, 3.63) is 42.5 Å². The summed E-state index contributed by atoms with van der Waals surface area (Å²) in [6.07, 6.45) is 15.2. The smallest absolute Gasteiger partial charge is 0.282 e. The van der Waals surface area contributed by atoms with Crippen LogP contribution in [0.15, 0.2) is 41.8 Å². The molecule has 26 heavy (non-hydrogen) atoms. The molecular weight excluding hydrogens is 344 g/mol. The molecule has 0 aliphatic heterocycles. The number of allylic oxidation sites excluding steroid dienone is 1. The average Bonchev–Trinajstić information content (AvgIpc) is 2.66. The average molecular weight is 377 g/mol. The van der Waals surface area contributed by atoms with Gasteiger partial charge in [-0.1, -0.05) is 31.1 Å². The molecule has 2 aliphatic rings. The molecule has 0 amide bonds. The molecule has 0 saturated heterocycles. The first-order valence-electron chi connectivity index (χ1n) is 10.1. The van der Waals surface area contributed by atoms with Gasteiger partial charge in [-0.3, -0.25) is 4.55 Å². The van der Waals surface area contributed by atoms with E-state index in [1.165, 1.54) is 69.9 Å². The van der Waals surface area contributed by atoms with Gasteiger partial charge in [0.05, 0.1) is 4.90 Å². The minimum Gasteiger partial charge on any atom is -0.282 e. The summed E-state index contributed by atoms with van der Waals surface area (Å²) in [6.45, 7) is 3.95. The van der Waals surface area contributed by atoms with Crippen molar-refractivity contribution in [3.63, 3.8) is 0 Å². The van der Waals surface area contributed by atoms with Crippen molar-refractivity contribution in [2.75, 3.05) is 0 Å². The normalized spacial score (nSPS) is 30.0. The fourth-order valence-corrected chi connectivity index (χ4v) is 5.48. The zero-order valence-electron chi connectivity index (χ0n) is 15.6. The van der Waals surface area contributed by atoms with Gasteiger partial charge in [0, 0.05) is 0 Å². The zero-order valence-corrected chi connectivity index (χ0v) is 16.5. The Balaban J connectivity index is 1.41. The van der Waals surface area contributed by atoms with Gasteiger partial charge in [-0.15, -0.1) is 6.58 Å². The first kappa shape index (κ1) is 19.6. The minimum atomic E-state index is -4.08. The maximum absolute atomic E-state index is 11.1. The Bertz CT molecular complexity index is 677. The number of hydrogen-bond acceptors (Lipinski definition) is 2. The summed E-state index contributed by atoms with van der Waals surface area (Å²) in [7, 11) is -4.08. The summed E-state index contributed by atoms with van der Waals surface area (Å²) in [5.41, 5.74) is 1.15. The minimum absolute atomic E-state index is 0.0204. The predicted octanol–water partition coefficient (Wildman–Crippen LogP) is 5.66. The van der Waals surface area contributed by atoms with Crippen LogP contribution in [0.5, 0.6) is 0 Å². The van der Waals surface area contributed by atoms with Crippen molar-refractivity contribution in [2.45, 2.75) is 69.1 Å². The second kappa shape index (κ2) is 8.71. The van der Waals surface area contributed by atoms with E-state index in [2.05, 4.69) is 12.7 Å². The van der Waals surface area contributed by atoms with Gasteiger partial charge in [0.1, 0.15) is 0 Å². The van der Waals surface area contributed by atoms with Gasteiger partial charge >= 0.3 is 0 Å². The van der Waals surface area contributed by atoms with Gasteiger partial charge in [-0.25, -0.2) is 0 Å². The zero-order chi connectivity index (χ0) is 18.6. The molecule has 1 aromatic carbocycles. The van der Waals surface area contributed by atoms with E-state index >= 15 is 0 Å². The first-order valence-corrected chi connectivity index (χ1v) is 11.6. The third-order valence-corrected chi connectivity index (χ3v) is 7.64. The second-order valence-corrected chi connectivity index (χ2v) is 9.77. The summed E-state index contributed by atoms with van der Waals surface area (Å²) in [6, 6.07) is 6.65. The molecule has 1 aromatic rings. The lowest BCUT2D eigenvalue weighted by Gasteiger charge is -2.37. The molecule has 0 radical (unpaired) electrons. The van der Waals surface area contributed by atoms with Crippen LogP contribution in [0.2, 0.25) is 0 Å². The molecule has 3 rings (SSSR count). The Kier molecular flexibility index (Phi) is 6.57. The summed E-state index contributed by atoms with van der Waals surface area (Å²) in [5, 5.41) is 0. The van der Waals surface area contributed by atoms with Crippen LogP contribution >= 0.6 is 0 Å². The maximum atomic E-state index is 11.1. The highest BCUT2D eigenvalue weighted by molar-refractivity contribution is 7.85. The van der Waals surface area contributed by atoms with E-state index in [1.807, 2.05) is 12.1 Å². The van der Waals surface area contributed by atoms with E-state index in [9.17, 15) is 8.42 Å². The molecule has 0 aromatic heterocycles. The molecule has 2 fully saturated rings. The van der Waals surface area contributed by atoms with E-state index in [0.29, 0.717) is 0 Å². The Morgan fingerprint density at radius 1 is 0.923 bits per heavy atom. The lowest BCUT2D eigenvalue weighted by Crippen LogP contribution is -2.25. The lowest BCUT2D eigenvalue weighted by atomic mass is 9.68. The molecular formula is C22H32O3S. The van der Waals surface area contributed by atoms with Gasteiger partial charge in [0.25, 0.3) is 10.1 Å². The van der Waals surface area contributed by atoms with Crippen LogP contribution in [0.3, 0.4) is 0 Å². The summed E-state index contributed by atoms with van der Waals surface area (Å²) in [4.78, 5) is -0.0204. The number of hydrogen-bond donors (Lipinski definition) is 1. The molecule has 0 spiro atoms. The molecule has 144 valence electrons. The summed E-state index contributed by atoms with van der Waals surface area (Å²) in [5.74, 6) is 3.44. The predicted molar refractivity (Wildman–Crippen MR) is 106 cm³/mol. The second-order valence-electron chi connectivity index (χ2n) is 8.35. The third-order valence-electron chi connectivity index (χ3n) is 6.77. The molecule has 0 atom stereocenters. The van der Waals surface area contributed by atoms with E-state index in [-0.39, 0.29) is 4.90 Å². The van der Waals surface area contributed by atoms with Crippen LogP contribution in [0.4, 0.5) is 0 Å². The first-order chi connectivity index (χ1) is 12.5. The number of aryl methyl sites for hydroxylation is 1. The van der Waals surface area contributed by atoms with Gasteiger partial charge in [0.15, 0.2) is 0 Å². The largest absolute Gasteiger partial charge is 0.294 e. The van der Waals surface area contributed by atoms with Crippen molar-refractivity contribution in [1.29, 1.82) is 0 Å². The summed E-state index contributed by atoms with van der Waals surface area (Å²) >= 11 is 0. The highest BCUT2D eigenvalue weighted by Gasteiger charge is 2.30. The van der Waals surface area contributed by atoms with Crippen LogP contribution in [0, 0.1) is 23.7 Å². The van der Waals surface area contributed by atoms with Crippen LogP contribution in [0.1, 0.15) is 63.4 Å². The van der Waals surface area contributed by atoms with Gasteiger partial charge in [-0.05, 0) is 92.7 Å². The maximum Gasteiger partial charge on any atom is 0.294 e. The Morgan fingerprint density at radius 3 is 1.96 bits per heavy atom. The standard InChI is InChI=1S/C22H32O3S/c1-2-17-5-11-20(12-6-17)21-13-7-18(8-14-21)3-4-19-9-15-22(16-10-19)26(23,24)25/h2,9-10,15-18,20-21H,1,3-8,11-14H2,(H,23,24,25). The van der Waals surface area contributed by atoms with Crippen molar-refractivity contribution < 1.29 is 13.0 Å². The Hall–Kier alpha value is -1.13. The van der Waals surface area contributed by atoms with Gasteiger partial charge < -0.3 is 0 Å². The molecule has 0 unspecified atom stereocenters. The van der Waals surface area contributed by atoms with E-state index < -0.39 is 10.1 Å². The van der Waals surface area contributed by atoms with Crippen molar-refractivity contribution in [1.82, 2.24) is 0 Å². The molecule has 0 bridgehead atoms. The molecule has 2 saturated carbocycles. The molecule has 0 heterocycles. The third kappa shape index (κ3) is 5.20. The van der Waals surface area contributed by atoms with E-state index in [0.717, 1.165) is 35.7 Å². The SMILES string of the molecule is C=CC1CCC(C2CCC(CCc3ccc(S(=O)(=O)O)cc3)CC2)CC1.